The van der Waals surface area contributed by atoms with Crippen molar-refractivity contribution in [2.24, 2.45) is 0 Å². The first-order chi connectivity index (χ1) is 8.65. The first-order valence-electron chi connectivity index (χ1n) is 4.95. The average molecular weight is 343 g/mol. The minimum atomic E-state index is 0.415. The number of anilines is 1. The largest absolute Gasteiger partial charge is 0.389 e. The molecule has 18 heavy (non-hydrogen) atoms. The molecule has 0 aromatic carbocycles. The zero-order chi connectivity index (χ0) is 12.7. The molecular formula is C10H7BrN4OS2. The lowest BCUT2D eigenvalue weighted by molar-refractivity contribution is 0.432. The number of halogens is 1. The third kappa shape index (κ3) is 1.96. The van der Waals surface area contributed by atoms with Gasteiger partial charge < -0.3 is 10.3 Å². The summed E-state index contributed by atoms with van der Waals surface area (Å²) in [5.41, 5.74) is 7.39. The molecule has 0 aliphatic rings. The lowest BCUT2D eigenvalue weighted by Gasteiger charge is -1.91. The van der Waals surface area contributed by atoms with Gasteiger partial charge in [0.05, 0.1) is 16.1 Å². The van der Waals surface area contributed by atoms with Crippen LogP contribution in [0.4, 0.5) is 5.00 Å². The SMILES string of the molecule is Cc1nsc(N)c1-c1nc(-c2cc(Br)cs2)no1. The van der Waals surface area contributed by atoms with Crippen LogP contribution in [0.15, 0.2) is 20.4 Å². The van der Waals surface area contributed by atoms with E-state index in [1.807, 2.05) is 18.4 Å². The number of nitrogens with zero attached hydrogens (tertiary/aromatic N) is 3. The van der Waals surface area contributed by atoms with Crippen LogP contribution in [0.1, 0.15) is 5.69 Å². The summed E-state index contributed by atoms with van der Waals surface area (Å²) in [7, 11) is 0. The van der Waals surface area contributed by atoms with Crippen molar-refractivity contribution in [3.05, 3.63) is 21.6 Å². The Morgan fingerprint density at radius 1 is 1.44 bits per heavy atom. The average Bonchev–Trinajstić information content (AvgIpc) is 3.00. The summed E-state index contributed by atoms with van der Waals surface area (Å²) in [6.07, 6.45) is 0. The van der Waals surface area contributed by atoms with Crippen LogP contribution < -0.4 is 5.73 Å². The number of nitrogen functional groups attached to an aromatic ring is 1. The standard InChI is InChI=1S/C10H7BrN4OS2/c1-4-7(8(12)18-15-4)10-13-9(14-16-10)6-2-5(11)3-17-6/h2-3H,12H2,1H3. The fraction of sp³-hybridized carbons (Fsp3) is 0.100. The second kappa shape index (κ2) is 4.45. The Balaban J connectivity index is 2.04. The van der Waals surface area contributed by atoms with E-state index in [-0.39, 0.29) is 0 Å². The van der Waals surface area contributed by atoms with Gasteiger partial charge in [-0.05, 0) is 40.5 Å². The molecule has 3 rings (SSSR count). The molecule has 0 saturated carbocycles. The Bertz CT molecular complexity index is 683. The van der Waals surface area contributed by atoms with Crippen molar-refractivity contribution in [3.63, 3.8) is 0 Å². The zero-order valence-corrected chi connectivity index (χ0v) is 12.4. The maximum absolute atomic E-state index is 5.85. The molecule has 0 aliphatic carbocycles. The van der Waals surface area contributed by atoms with E-state index in [2.05, 4.69) is 30.4 Å². The Hall–Kier alpha value is -1.25. The van der Waals surface area contributed by atoms with E-state index in [9.17, 15) is 0 Å². The number of aryl methyl sites for hydroxylation is 1. The Morgan fingerprint density at radius 3 is 2.89 bits per heavy atom. The highest BCUT2D eigenvalue weighted by molar-refractivity contribution is 9.10. The summed E-state index contributed by atoms with van der Waals surface area (Å²) in [5.74, 6) is 0.976. The number of hydrogen-bond acceptors (Lipinski definition) is 7. The molecule has 5 nitrogen and oxygen atoms in total. The fourth-order valence-corrected chi connectivity index (χ4v) is 3.51. The van der Waals surface area contributed by atoms with Crippen molar-refractivity contribution in [2.45, 2.75) is 6.92 Å². The minimum Gasteiger partial charge on any atom is -0.389 e. The Morgan fingerprint density at radius 2 is 2.28 bits per heavy atom. The van der Waals surface area contributed by atoms with Crippen LogP contribution in [-0.4, -0.2) is 14.5 Å². The highest BCUT2D eigenvalue weighted by atomic mass is 79.9. The quantitative estimate of drug-likeness (QED) is 0.770. The van der Waals surface area contributed by atoms with Crippen molar-refractivity contribution >= 4 is 43.8 Å². The molecule has 92 valence electrons. The van der Waals surface area contributed by atoms with Gasteiger partial charge in [0, 0.05) is 9.85 Å². The summed E-state index contributed by atoms with van der Waals surface area (Å²) in [6, 6.07) is 1.95. The van der Waals surface area contributed by atoms with Gasteiger partial charge in [0.25, 0.3) is 5.89 Å². The normalized spacial score (nSPS) is 11.0. The number of hydrogen-bond donors (Lipinski definition) is 1. The van der Waals surface area contributed by atoms with Gasteiger partial charge >= 0.3 is 0 Å². The molecule has 2 N–H and O–H groups in total. The molecule has 0 aliphatic heterocycles. The first kappa shape index (κ1) is 11.8. The van der Waals surface area contributed by atoms with Crippen LogP contribution in [0.25, 0.3) is 22.2 Å². The highest BCUT2D eigenvalue weighted by Crippen LogP contribution is 2.34. The van der Waals surface area contributed by atoms with Gasteiger partial charge in [-0.3, -0.25) is 0 Å². The second-order valence-electron chi connectivity index (χ2n) is 3.56. The molecule has 0 amide bonds. The number of aromatic nitrogens is 3. The molecule has 3 heterocycles. The van der Waals surface area contributed by atoms with Gasteiger partial charge in [0.2, 0.25) is 5.82 Å². The van der Waals surface area contributed by atoms with E-state index < -0.39 is 0 Å². The van der Waals surface area contributed by atoms with Crippen LogP contribution in [0, 0.1) is 6.92 Å². The Kier molecular flexibility index (Phi) is 2.92. The van der Waals surface area contributed by atoms with Crippen molar-refractivity contribution in [1.82, 2.24) is 14.5 Å². The van der Waals surface area contributed by atoms with Gasteiger partial charge in [-0.15, -0.1) is 11.3 Å². The molecule has 0 saturated heterocycles. The molecule has 0 atom stereocenters. The van der Waals surface area contributed by atoms with E-state index in [1.54, 1.807) is 11.3 Å². The van der Waals surface area contributed by atoms with Crippen LogP contribution in [0.5, 0.6) is 0 Å². The van der Waals surface area contributed by atoms with Crippen molar-refractivity contribution < 1.29 is 4.52 Å². The molecule has 0 unspecified atom stereocenters. The lowest BCUT2D eigenvalue weighted by Crippen LogP contribution is -1.86. The number of rotatable bonds is 2. The maximum Gasteiger partial charge on any atom is 0.263 e. The number of thiophene rings is 1. The van der Waals surface area contributed by atoms with E-state index in [0.29, 0.717) is 16.7 Å². The summed E-state index contributed by atoms with van der Waals surface area (Å²) < 4.78 is 10.4. The van der Waals surface area contributed by atoms with E-state index in [4.69, 9.17) is 10.3 Å². The first-order valence-corrected chi connectivity index (χ1v) is 7.40. The molecular weight excluding hydrogens is 336 g/mol. The van der Waals surface area contributed by atoms with Crippen LogP contribution in [0.3, 0.4) is 0 Å². The van der Waals surface area contributed by atoms with Crippen molar-refractivity contribution in [3.8, 4) is 22.2 Å². The maximum atomic E-state index is 5.85. The molecule has 0 radical (unpaired) electrons. The van der Waals surface area contributed by atoms with Gasteiger partial charge in [0.15, 0.2) is 0 Å². The van der Waals surface area contributed by atoms with Crippen LogP contribution >= 0.6 is 38.8 Å². The van der Waals surface area contributed by atoms with Crippen LogP contribution in [-0.2, 0) is 0 Å². The molecule has 0 fully saturated rings. The van der Waals surface area contributed by atoms with Crippen molar-refractivity contribution in [1.29, 1.82) is 0 Å². The lowest BCUT2D eigenvalue weighted by atomic mass is 10.2. The predicted octanol–water partition coefficient (Wildman–Crippen LogP) is 3.57. The Labute approximate surface area is 119 Å². The smallest absolute Gasteiger partial charge is 0.263 e. The van der Waals surface area contributed by atoms with E-state index in [0.717, 1.165) is 20.6 Å². The summed E-state index contributed by atoms with van der Waals surface area (Å²) in [6.45, 7) is 1.87. The third-order valence-corrected chi connectivity index (χ3v) is 4.77. The van der Waals surface area contributed by atoms with Gasteiger partial charge in [0.1, 0.15) is 5.00 Å². The molecule has 3 aromatic heterocycles. The predicted molar refractivity (Wildman–Crippen MR) is 75.6 cm³/mol. The van der Waals surface area contributed by atoms with E-state index >= 15 is 0 Å². The number of nitrogens with two attached hydrogens (primary N) is 1. The molecule has 0 spiro atoms. The summed E-state index contributed by atoms with van der Waals surface area (Å²) in [5, 5.41) is 6.52. The zero-order valence-electron chi connectivity index (χ0n) is 9.18. The summed E-state index contributed by atoms with van der Waals surface area (Å²) in [4.78, 5) is 5.30. The summed E-state index contributed by atoms with van der Waals surface area (Å²) >= 11 is 6.17. The van der Waals surface area contributed by atoms with Crippen molar-refractivity contribution in [2.75, 3.05) is 5.73 Å². The monoisotopic (exact) mass is 342 g/mol. The second-order valence-corrected chi connectivity index (χ2v) is 6.19. The molecule has 3 aromatic rings. The topological polar surface area (TPSA) is 77.8 Å². The minimum absolute atomic E-state index is 0.415. The van der Waals surface area contributed by atoms with Gasteiger partial charge in [-0.2, -0.15) is 9.36 Å². The van der Waals surface area contributed by atoms with Crippen LogP contribution in [0.2, 0.25) is 0 Å². The highest BCUT2D eigenvalue weighted by Gasteiger charge is 2.18. The van der Waals surface area contributed by atoms with E-state index in [1.165, 1.54) is 11.5 Å². The molecule has 0 bridgehead atoms. The van der Waals surface area contributed by atoms with Gasteiger partial charge in [-0.25, -0.2) is 0 Å². The molecule has 8 heteroatoms. The van der Waals surface area contributed by atoms with Gasteiger partial charge in [-0.1, -0.05) is 5.16 Å². The fourth-order valence-electron chi connectivity index (χ4n) is 1.50. The third-order valence-electron chi connectivity index (χ3n) is 2.32.